The molecule has 86 valence electrons. The van der Waals surface area contributed by atoms with Crippen molar-refractivity contribution in [3.8, 4) is 0 Å². The molecule has 16 heavy (non-hydrogen) atoms. The molecule has 0 spiro atoms. The maximum Gasteiger partial charge on any atom is 0.270 e. The van der Waals surface area contributed by atoms with E-state index in [0.29, 0.717) is 11.6 Å². The van der Waals surface area contributed by atoms with Crippen molar-refractivity contribution in [1.82, 2.24) is 15.6 Å². The lowest BCUT2D eigenvalue weighted by Gasteiger charge is -2.30. The fourth-order valence-electron chi connectivity index (χ4n) is 1.92. The molecule has 0 aliphatic carbocycles. The second kappa shape index (κ2) is 5.07. The summed E-state index contributed by atoms with van der Waals surface area (Å²) in [5.41, 5.74) is 0.486. The Kier molecular flexibility index (Phi) is 3.51. The summed E-state index contributed by atoms with van der Waals surface area (Å²) >= 11 is 0. The number of hydrogen-bond donors (Lipinski definition) is 2. The van der Waals surface area contributed by atoms with Crippen LogP contribution in [0.15, 0.2) is 24.4 Å². The van der Waals surface area contributed by atoms with E-state index in [9.17, 15) is 4.79 Å². The Balaban J connectivity index is 1.96. The lowest BCUT2D eigenvalue weighted by Crippen LogP contribution is -2.50. The summed E-state index contributed by atoms with van der Waals surface area (Å²) in [6.07, 6.45) is 2.74. The highest BCUT2D eigenvalue weighted by Gasteiger charge is 2.23. The lowest BCUT2D eigenvalue weighted by molar-refractivity contribution is 0.0910. The SMILES string of the molecule is CC1CCNCC1NC(=O)c1ccccn1. The van der Waals surface area contributed by atoms with Gasteiger partial charge in [0.1, 0.15) is 5.69 Å². The maximum atomic E-state index is 11.9. The van der Waals surface area contributed by atoms with Crippen LogP contribution in [0.1, 0.15) is 23.8 Å². The molecule has 0 saturated carbocycles. The van der Waals surface area contributed by atoms with E-state index in [-0.39, 0.29) is 11.9 Å². The molecule has 1 saturated heterocycles. The van der Waals surface area contributed by atoms with Gasteiger partial charge in [-0.3, -0.25) is 9.78 Å². The van der Waals surface area contributed by atoms with E-state index < -0.39 is 0 Å². The molecule has 0 radical (unpaired) electrons. The minimum atomic E-state index is -0.0823. The van der Waals surface area contributed by atoms with Gasteiger partial charge in [0.2, 0.25) is 0 Å². The number of pyridine rings is 1. The number of amides is 1. The number of aromatic nitrogens is 1. The molecule has 2 rings (SSSR count). The molecule has 2 heterocycles. The normalized spacial score (nSPS) is 25.1. The van der Waals surface area contributed by atoms with Gasteiger partial charge in [-0.25, -0.2) is 0 Å². The molecule has 2 N–H and O–H groups in total. The number of rotatable bonds is 2. The lowest BCUT2D eigenvalue weighted by atomic mass is 9.95. The molecule has 1 aliphatic rings. The van der Waals surface area contributed by atoms with Crippen molar-refractivity contribution in [2.75, 3.05) is 13.1 Å². The zero-order chi connectivity index (χ0) is 11.4. The fraction of sp³-hybridized carbons (Fsp3) is 0.500. The van der Waals surface area contributed by atoms with E-state index in [1.807, 2.05) is 12.1 Å². The van der Waals surface area contributed by atoms with Crippen LogP contribution < -0.4 is 10.6 Å². The summed E-state index contributed by atoms with van der Waals surface area (Å²) < 4.78 is 0. The van der Waals surface area contributed by atoms with Crippen LogP contribution >= 0.6 is 0 Å². The topological polar surface area (TPSA) is 54.0 Å². The molecule has 1 fully saturated rings. The fourth-order valence-corrected chi connectivity index (χ4v) is 1.92. The first-order valence-electron chi connectivity index (χ1n) is 5.70. The van der Waals surface area contributed by atoms with E-state index in [1.165, 1.54) is 0 Å². The number of carbonyl (C=O) groups excluding carboxylic acids is 1. The Labute approximate surface area is 95.5 Å². The molecule has 2 unspecified atom stereocenters. The quantitative estimate of drug-likeness (QED) is 0.774. The van der Waals surface area contributed by atoms with Crippen molar-refractivity contribution < 1.29 is 4.79 Å². The summed E-state index contributed by atoms with van der Waals surface area (Å²) in [6.45, 7) is 4.06. The van der Waals surface area contributed by atoms with Gasteiger partial charge in [-0.05, 0) is 31.0 Å². The number of piperidine rings is 1. The van der Waals surface area contributed by atoms with Gasteiger partial charge in [0, 0.05) is 18.8 Å². The molecular formula is C12H17N3O. The van der Waals surface area contributed by atoms with Crippen molar-refractivity contribution in [2.45, 2.75) is 19.4 Å². The van der Waals surface area contributed by atoms with Gasteiger partial charge in [-0.15, -0.1) is 0 Å². The molecule has 4 heteroatoms. The predicted molar refractivity (Wildman–Crippen MR) is 62.1 cm³/mol. The van der Waals surface area contributed by atoms with Crippen LogP contribution in [0.2, 0.25) is 0 Å². The summed E-state index contributed by atoms with van der Waals surface area (Å²) in [4.78, 5) is 15.9. The smallest absolute Gasteiger partial charge is 0.270 e. The Morgan fingerprint density at radius 1 is 1.56 bits per heavy atom. The summed E-state index contributed by atoms with van der Waals surface area (Å²) in [5.74, 6) is 0.440. The summed E-state index contributed by atoms with van der Waals surface area (Å²) in [6, 6.07) is 5.57. The Morgan fingerprint density at radius 2 is 2.44 bits per heavy atom. The molecule has 1 amide bonds. The number of nitrogens with zero attached hydrogens (tertiary/aromatic N) is 1. The number of nitrogens with one attached hydrogen (secondary N) is 2. The molecule has 1 aliphatic heterocycles. The first-order chi connectivity index (χ1) is 7.77. The van der Waals surface area contributed by atoms with Crippen molar-refractivity contribution in [3.05, 3.63) is 30.1 Å². The van der Waals surface area contributed by atoms with Crippen molar-refractivity contribution in [2.24, 2.45) is 5.92 Å². The van der Waals surface area contributed by atoms with Crippen LogP contribution in [0.4, 0.5) is 0 Å². The van der Waals surface area contributed by atoms with E-state index in [2.05, 4.69) is 22.5 Å². The number of hydrogen-bond acceptors (Lipinski definition) is 3. The van der Waals surface area contributed by atoms with Gasteiger partial charge >= 0.3 is 0 Å². The third kappa shape index (κ3) is 2.58. The van der Waals surface area contributed by atoms with Gasteiger partial charge < -0.3 is 10.6 Å². The van der Waals surface area contributed by atoms with Gasteiger partial charge in [0.05, 0.1) is 0 Å². The number of carbonyl (C=O) groups is 1. The average Bonchev–Trinajstić information content (AvgIpc) is 2.33. The molecule has 0 bridgehead atoms. The average molecular weight is 219 g/mol. The van der Waals surface area contributed by atoms with Crippen molar-refractivity contribution >= 4 is 5.91 Å². The Bertz CT molecular complexity index is 353. The van der Waals surface area contributed by atoms with E-state index in [0.717, 1.165) is 19.5 Å². The van der Waals surface area contributed by atoms with Crippen molar-refractivity contribution in [1.29, 1.82) is 0 Å². The van der Waals surface area contributed by atoms with E-state index in [4.69, 9.17) is 0 Å². The van der Waals surface area contributed by atoms with Gasteiger partial charge in [0.15, 0.2) is 0 Å². The zero-order valence-corrected chi connectivity index (χ0v) is 9.44. The second-order valence-electron chi connectivity index (χ2n) is 4.27. The highest BCUT2D eigenvalue weighted by Crippen LogP contribution is 2.11. The Morgan fingerprint density at radius 3 is 3.12 bits per heavy atom. The zero-order valence-electron chi connectivity index (χ0n) is 9.44. The van der Waals surface area contributed by atoms with Crippen LogP contribution in [0.5, 0.6) is 0 Å². The van der Waals surface area contributed by atoms with Crippen LogP contribution in [-0.2, 0) is 0 Å². The molecule has 4 nitrogen and oxygen atoms in total. The third-order valence-electron chi connectivity index (χ3n) is 3.04. The minimum absolute atomic E-state index is 0.0823. The van der Waals surface area contributed by atoms with Gasteiger partial charge in [0.25, 0.3) is 5.91 Å². The maximum absolute atomic E-state index is 11.9. The summed E-state index contributed by atoms with van der Waals surface area (Å²) in [5, 5.41) is 6.31. The first-order valence-corrected chi connectivity index (χ1v) is 5.70. The molecule has 1 aromatic rings. The van der Waals surface area contributed by atoms with Crippen LogP contribution in [0.25, 0.3) is 0 Å². The first kappa shape index (κ1) is 11.1. The van der Waals surface area contributed by atoms with Crippen LogP contribution in [0.3, 0.4) is 0 Å². The molecule has 2 atom stereocenters. The standard InChI is InChI=1S/C12H17N3O/c1-9-5-7-13-8-11(9)15-12(16)10-4-2-3-6-14-10/h2-4,6,9,11,13H,5,7-8H2,1H3,(H,15,16). The monoisotopic (exact) mass is 219 g/mol. The predicted octanol–water partition coefficient (Wildman–Crippen LogP) is 0.809. The van der Waals surface area contributed by atoms with Crippen LogP contribution in [0, 0.1) is 5.92 Å². The van der Waals surface area contributed by atoms with Gasteiger partial charge in [-0.2, -0.15) is 0 Å². The minimum Gasteiger partial charge on any atom is -0.346 e. The van der Waals surface area contributed by atoms with Gasteiger partial charge in [-0.1, -0.05) is 13.0 Å². The highest BCUT2D eigenvalue weighted by atomic mass is 16.1. The van der Waals surface area contributed by atoms with Crippen molar-refractivity contribution in [3.63, 3.8) is 0 Å². The second-order valence-corrected chi connectivity index (χ2v) is 4.27. The molecular weight excluding hydrogens is 202 g/mol. The summed E-state index contributed by atoms with van der Waals surface area (Å²) in [7, 11) is 0. The highest BCUT2D eigenvalue weighted by molar-refractivity contribution is 5.92. The molecule has 0 aromatic carbocycles. The third-order valence-corrected chi connectivity index (χ3v) is 3.04. The largest absolute Gasteiger partial charge is 0.346 e. The Hall–Kier alpha value is -1.42. The molecule has 1 aromatic heterocycles. The van der Waals surface area contributed by atoms with E-state index >= 15 is 0 Å². The van der Waals surface area contributed by atoms with Crippen LogP contribution in [-0.4, -0.2) is 30.0 Å². The van der Waals surface area contributed by atoms with E-state index in [1.54, 1.807) is 12.3 Å².